The fourth-order valence-corrected chi connectivity index (χ4v) is 2.46. The predicted molar refractivity (Wildman–Crippen MR) is 84.3 cm³/mol. The Balaban J connectivity index is 1.84. The highest BCUT2D eigenvalue weighted by molar-refractivity contribution is 6.30. The molecule has 1 atom stereocenters. The van der Waals surface area contributed by atoms with E-state index in [-0.39, 0.29) is 11.1 Å². The van der Waals surface area contributed by atoms with Crippen LogP contribution < -0.4 is 5.32 Å². The van der Waals surface area contributed by atoms with Gasteiger partial charge in [-0.3, -0.25) is 0 Å². The van der Waals surface area contributed by atoms with Gasteiger partial charge in [0.05, 0.1) is 16.1 Å². The van der Waals surface area contributed by atoms with Gasteiger partial charge in [-0.1, -0.05) is 17.7 Å². The zero-order valence-electron chi connectivity index (χ0n) is 11.7. The van der Waals surface area contributed by atoms with E-state index in [2.05, 4.69) is 15.3 Å². The molecule has 0 spiro atoms. The van der Waals surface area contributed by atoms with Crippen LogP contribution in [0.15, 0.2) is 36.4 Å². The number of aryl methyl sites for hydroxylation is 1. The van der Waals surface area contributed by atoms with Gasteiger partial charge < -0.3 is 10.3 Å². The predicted octanol–water partition coefficient (Wildman–Crippen LogP) is 4.84. The molecule has 21 heavy (non-hydrogen) atoms. The molecule has 0 saturated carbocycles. The van der Waals surface area contributed by atoms with Gasteiger partial charge in [-0.2, -0.15) is 0 Å². The molecular formula is C16H15ClFN3. The Kier molecular flexibility index (Phi) is 3.55. The van der Waals surface area contributed by atoms with Gasteiger partial charge in [0, 0.05) is 11.7 Å². The molecule has 2 aromatic carbocycles. The normalized spacial score (nSPS) is 12.6. The van der Waals surface area contributed by atoms with Crippen molar-refractivity contribution in [3.8, 4) is 0 Å². The lowest BCUT2D eigenvalue weighted by Crippen LogP contribution is -2.06. The Morgan fingerprint density at radius 2 is 2.05 bits per heavy atom. The molecule has 0 aliphatic heterocycles. The first kappa shape index (κ1) is 13.9. The monoisotopic (exact) mass is 303 g/mol. The van der Waals surface area contributed by atoms with Gasteiger partial charge in [-0.15, -0.1) is 0 Å². The van der Waals surface area contributed by atoms with Crippen molar-refractivity contribution in [3.63, 3.8) is 0 Å². The first-order chi connectivity index (χ1) is 10.0. The molecule has 3 nitrogen and oxygen atoms in total. The molecular weight excluding hydrogens is 289 g/mol. The van der Waals surface area contributed by atoms with Crippen LogP contribution in [-0.2, 0) is 0 Å². The van der Waals surface area contributed by atoms with Crippen LogP contribution in [0, 0.1) is 12.7 Å². The number of aromatic nitrogens is 2. The van der Waals surface area contributed by atoms with Gasteiger partial charge in [0.1, 0.15) is 11.6 Å². The third kappa shape index (κ3) is 2.85. The summed E-state index contributed by atoms with van der Waals surface area (Å²) in [5, 5.41) is 3.49. The molecule has 1 heterocycles. The average molecular weight is 304 g/mol. The summed E-state index contributed by atoms with van der Waals surface area (Å²) in [7, 11) is 0. The quantitative estimate of drug-likeness (QED) is 0.727. The Bertz CT molecular complexity index is 797. The maximum atomic E-state index is 13.5. The number of anilines is 1. The van der Waals surface area contributed by atoms with Crippen LogP contribution >= 0.6 is 11.6 Å². The number of hydrogen-bond acceptors (Lipinski definition) is 2. The largest absolute Gasteiger partial charge is 0.378 e. The maximum Gasteiger partial charge on any atom is 0.142 e. The molecule has 0 aliphatic carbocycles. The second-order valence-corrected chi connectivity index (χ2v) is 5.50. The van der Waals surface area contributed by atoms with E-state index in [4.69, 9.17) is 11.6 Å². The lowest BCUT2D eigenvalue weighted by molar-refractivity contribution is 0.624. The molecule has 3 aromatic rings. The summed E-state index contributed by atoms with van der Waals surface area (Å²) in [5.74, 6) is 0.484. The number of H-pyrrole nitrogens is 1. The van der Waals surface area contributed by atoms with E-state index in [1.165, 1.54) is 6.07 Å². The topological polar surface area (TPSA) is 40.7 Å². The van der Waals surface area contributed by atoms with Crippen molar-refractivity contribution in [3.05, 3.63) is 58.6 Å². The summed E-state index contributed by atoms with van der Waals surface area (Å²) in [6.45, 7) is 3.90. The second-order valence-electron chi connectivity index (χ2n) is 5.09. The highest BCUT2D eigenvalue weighted by Gasteiger charge is 2.09. The minimum atomic E-state index is -0.400. The average Bonchev–Trinajstić information content (AvgIpc) is 2.81. The van der Waals surface area contributed by atoms with Crippen molar-refractivity contribution in [1.82, 2.24) is 9.97 Å². The van der Waals surface area contributed by atoms with Gasteiger partial charge in [-0.25, -0.2) is 9.37 Å². The third-order valence-electron chi connectivity index (χ3n) is 3.43. The number of hydrogen-bond donors (Lipinski definition) is 2. The summed E-state index contributed by atoms with van der Waals surface area (Å²) in [6.07, 6.45) is 0. The van der Waals surface area contributed by atoms with Crippen LogP contribution in [-0.4, -0.2) is 9.97 Å². The van der Waals surface area contributed by atoms with Gasteiger partial charge >= 0.3 is 0 Å². The Morgan fingerprint density at radius 3 is 2.81 bits per heavy atom. The molecule has 0 fully saturated rings. The van der Waals surface area contributed by atoms with Crippen LogP contribution in [0.5, 0.6) is 0 Å². The zero-order chi connectivity index (χ0) is 15.0. The molecule has 0 aliphatic rings. The number of fused-ring (bicyclic) bond motifs is 1. The smallest absolute Gasteiger partial charge is 0.142 e. The standard InChI is InChI=1S/C16H15ClFN3/c1-9(11-3-5-13(17)14(18)7-11)19-12-4-6-15-16(8-12)21-10(2)20-15/h3-9,19H,1-2H3,(H,20,21). The fraction of sp³-hybridized carbons (Fsp3) is 0.188. The fourth-order valence-electron chi connectivity index (χ4n) is 2.34. The number of imidazole rings is 1. The minimum Gasteiger partial charge on any atom is -0.378 e. The van der Waals surface area contributed by atoms with Crippen molar-refractivity contribution >= 4 is 28.3 Å². The van der Waals surface area contributed by atoms with E-state index in [0.717, 1.165) is 28.1 Å². The van der Waals surface area contributed by atoms with Crippen molar-refractivity contribution in [2.75, 3.05) is 5.32 Å². The van der Waals surface area contributed by atoms with E-state index in [0.29, 0.717) is 0 Å². The molecule has 1 aromatic heterocycles. The Morgan fingerprint density at radius 1 is 1.24 bits per heavy atom. The zero-order valence-corrected chi connectivity index (χ0v) is 12.5. The SMILES string of the molecule is Cc1nc2ccc(NC(C)c3ccc(Cl)c(F)c3)cc2[nH]1. The molecule has 0 saturated heterocycles. The number of benzene rings is 2. The van der Waals surface area contributed by atoms with E-state index >= 15 is 0 Å². The summed E-state index contributed by atoms with van der Waals surface area (Å²) < 4.78 is 13.5. The lowest BCUT2D eigenvalue weighted by atomic mass is 10.1. The van der Waals surface area contributed by atoms with E-state index < -0.39 is 5.82 Å². The van der Waals surface area contributed by atoms with Crippen LogP contribution in [0.25, 0.3) is 11.0 Å². The van der Waals surface area contributed by atoms with E-state index in [1.807, 2.05) is 38.1 Å². The first-order valence-electron chi connectivity index (χ1n) is 6.71. The third-order valence-corrected chi connectivity index (χ3v) is 3.73. The van der Waals surface area contributed by atoms with Crippen molar-refractivity contribution in [2.45, 2.75) is 19.9 Å². The van der Waals surface area contributed by atoms with Gasteiger partial charge in [-0.05, 0) is 49.7 Å². The van der Waals surface area contributed by atoms with Gasteiger partial charge in [0.15, 0.2) is 0 Å². The van der Waals surface area contributed by atoms with Crippen LogP contribution in [0.1, 0.15) is 24.4 Å². The summed E-state index contributed by atoms with van der Waals surface area (Å²) in [4.78, 5) is 7.57. The number of nitrogens with zero attached hydrogens (tertiary/aromatic N) is 1. The molecule has 2 N–H and O–H groups in total. The number of halogens is 2. The second kappa shape index (κ2) is 5.37. The van der Waals surface area contributed by atoms with Crippen LogP contribution in [0.3, 0.4) is 0 Å². The van der Waals surface area contributed by atoms with E-state index in [9.17, 15) is 4.39 Å². The van der Waals surface area contributed by atoms with Crippen molar-refractivity contribution in [1.29, 1.82) is 0 Å². The van der Waals surface area contributed by atoms with E-state index in [1.54, 1.807) is 6.07 Å². The molecule has 0 amide bonds. The van der Waals surface area contributed by atoms with Crippen molar-refractivity contribution < 1.29 is 4.39 Å². The number of aromatic amines is 1. The minimum absolute atomic E-state index is 0.0294. The summed E-state index contributed by atoms with van der Waals surface area (Å²) >= 11 is 5.71. The van der Waals surface area contributed by atoms with Gasteiger partial charge in [0.2, 0.25) is 0 Å². The van der Waals surface area contributed by atoms with Gasteiger partial charge in [0.25, 0.3) is 0 Å². The molecule has 0 bridgehead atoms. The number of nitrogens with one attached hydrogen (secondary N) is 2. The highest BCUT2D eigenvalue weighted by Crippen LogP contribution is 2.25. The summed E-state index contributed by atoms with van der Waals surface area (Å²) in [6, 6.07) is 10.7. The first-order valence-corrected chi connectivity index (χ1v) is 7.08. The van der Waals surface area contributed by atoms with Crippen LogP contribution in [0.2, 0.25) is 5.02 Å². The molecule has 108 valence electrons. The molecule has 1 unspecified atom stereocenters. The van der Waals surface area contributed by atoms with Crippen LogP contribution in [0.4, 0.5) is 10.1 Å². The molecule has 0 radical (unpaired) electrons. The Hall–Kier alpha value is -2.07. The Labute approximate surface area is 127 Å². The number of rotatable bonds is 3. The highest BCUT2D eigenvalue weighted by atomic mass is 35.5. The maximum absolute atomic E-state index is 13.5. The lowest BCUT2D eigenvalue weighted by Gasteiger charge is -2.16. The molecule has 3 rings (SSSR count). The van der Waals surface area contributed by atoms with Crippen molar-refractivity contribution in [2.24, 2.45) is 0 Å². The summed E-state index contributed by atoms with van der Waals surface area (Å²) in [5.41, 5.74) is 3.71. The molecule has 5 heteroatoms.